The molecule has 0 amide bonds. The summed E-state index contributed by atoms with van der Waals surface area (Å²) in [7, 11) is 0. The smallest absolute Gasteiger partial charge is 0.145 e. The molecule has 2 rings (SSSR count). The molecule has 0 aliphatic rings. The third-order valence-electron chi connectivity index (χ3n) is 3.18. The molecule has 1 heterocycles. The van der Waals surface area contributed by atoms with Crippen LogP contribution in [0.1, 0.15) is 31.4 Å². The Labute approximate surface area is 114 Å². The zero-order valence-corrected chi connectivity index (χ0v) is 11.6. The molecule has 0 aliphatic heterocycles. The number of pyridine rings is 1. The maximum atomic E-state index is 5.86. The number of aryl methyl sites for hydroxylation is 1. The van der Waals surface area contributed by atoms with Crippen LogP contribution in [0, 0.1) is 6.92 Å². The summed E-state index contributed by atoms with van der Waals surface area (Å²) in [4.78, 5) is 4.56. The van der Waals surface area contributed by atoms with E-state index in [1.54, 1.807) is 0 Å². The number of nitrogens with two attached hydrogens (primary N) is 1. The van der Waals surface area contributed by atoms with Crippen LogP contribution in [0.25, 0.3) is 10.9 Å². The highest BCUT2D eigenvalue weighted by atomic mass is 16.5. The lowest BCUT2D eigenvalue weighted by atomic mass is 10.2. The van der Waals surface area contributed by atoms with E-state index < -0.39 is 0 Å². The van der Waals surface area contributed by atoms with Gasteiger partial charge in [-0.25, -0.2) is 4.98 Å². The topological polar surface area (TPSA) is 48.1 Å². The molecule has 2 aromatic rings. The summed E-state index contributed by atoms with van der Waals surface area (Å²) in [5.74, 6) is 0.889. The molecule has 0 aliphatic carbocycles. The maximum Gasteiger partial charge on any atom is 0.145 e. The van der Waals surface area contributed by atoms with Gasteiger partial charge in [0.25, 0.3) is 0 Å². The Morgan fingerprint density at radius 3 is 2.74 bits per heavy atom. The summed E-state index contributed by atoms with van der Waals surface area (Å²) in [6.45, 7) is 3.54. The van der Waals surface area contributed by atoms with Crippen molar-refractivity contribution < 1.29 is 4.74 Å². The molecule has 1 aromatic heterocycles. The molecule has 3 heteroatoms. The number of benzene rings is 1. The highest BCUT2D eigenvalue weighted by Gasteiger charge is 2.03. The molecule has 0 radical (unpaired) electrons. The first-order chi connectivity index (χ1) is 9.31. The third-order valence-corrected chi connectivity index (χ3v) is 3.18. The van der Waals surface area contributed by atoms with E-state index in [0.717, 1.165) is 48.3 Å². The van der Waals surface area contributed by atoms with Gasteiger partial charge in [-0.2, -0.15) is 0 Å². The summed E-state index contributed by atoms with van der Waals surface area (Å²) in [5.41, 5.74) is 7.45. The predicted molar refractivity (Wildman–Crippen MR) is 79.5 cm³/mol. The quantitative estimate of drug-likeness (QED) is 0.774. The highest BCUT2D eigenvalue weighted by molar-refractivity contribution is 5.84. The van der Waals surface area contributed by atoms with Crippen LogP contribution in [-0.4, -0.2) is 18.1 Å². The average Bonchev–Trinajstić information content (AvgIpc) is 2.43. The number of fused-ring (bicyclic) bond motifs is 1. The molecule has 0 saturated heterocycles. The van der Waals surface area contributed by atoms with Gasteiger partial charge in [-0.3, -0.25) is 0 Å². The van der Waals surface area contributed by atoms with Gasteiger partial charge in [0.1, 0.15) is 11.3 Å². The van der Waals surface area contributed by atoms with E-state index in [2.05, 4.69) is 17.1 Å². The van der Waals surface area contributed by atoms with E-state index in [-0.39, 0.29) is 0 Å². The van der Waals surface area contributed by atoms with E-state index in [0.29, 0.717) is 0 Å². The lowest BCUT2D eigenvalue weighted by Gasteiger charge is -2.09. The Kier molecular flexibility index (Phi) is 5.16. The number of unbranched alkanes of at least 4 members (excludes halogenated alkanes) is 3. The minimum atomic E-state index is 0.749. The minimum absolute atomic E-state index is 0.749. The molecule has 2 N–H and O–H groups in total. The number of hydrogen-bond donors (Lipinski definition) is 1. The maximum absolute atomic E-state index is 5.86. The van der Waals surface area contributed by atoms with Crippen LogP contribution in [-0.2, 0) is 0 Å². The van der Waals surface area contributed by atoms with Gasteiger partial charge < -0.3 is 10.5 Å². The molecular formula is C16H22N2O. The molecule has 0 saturated carbocycles. The second-order valence-corrected chi connectivity index (χ2v) is 4.83. The van der Waals surface area contributed by atoms with Crippen LogP contribution in [0.15, 0.2) is 30.3 Å². The van der Waals surface area contributed by atoms with Gasteiger partial charge in [-0.05, 0) is 38.4 Å². The van der Waals surface area contributed by atoms with Gasteiger partial charge in [-0.15, -0.1) is 0 Å². The summed E-state index contributed by atoms with van der Waals surface area (Å²) in [6.07, 6.45) is 4.54. The summed E-state index contributed by atoms with van der Waals surface area (Å²) < 4.78 is 5.86. The Bertz CT molecular complexity index is 525. The van der Waals surface area contributed by atoms with Crippen LogP contribution in [0.4, 0.5) is 0 Å². The lowest BCUT2D eigenvalue weighted by Crippen LogP contribution is -2.01. The van der Waals surface area contributed by atoms with Crippen LogP contribution >= 0.6 is 0 Å². The number of nitrogens with zero attached hydrogens (tertiary/aromatic N) is 1. The van der Waals surface area contributed by atoms with Gasteiger partial charge in [0, 0.05) is 11.1 Å². The third kappa shape index (κ3) is 3.93. The van der Waals surface area contributed by atoms with Gasteiger partial charge in [0.15, 0.2) is 0 Å². The zero-order chi connectivity index (χ0) is 13.5. The Balaban J connectivity index is 1.95. The van der Waals surface area contributed by atoms with Gasteiger partial charge in [0.05, 0.1) is 6.61 Å². The predicted octanol–water partition coefficient (Wildman–Crippen LogP) is 3.44. The molecule has 0 bridgehead atoms. The Morgan fingerprint density at radius 2 is 1.89 bits per heavy atom. The first-order valence-electron chi connectivity index (χ1n) is 7.00. The number of aromatic nitrogens is 1. The molecule has 1 aromatic carbocycles. The standard InChI is InChI=1S/C16H22N2O/c1-13-9-10-14-7-6-8-15(16(14)18-13)19-12-5-3-2-4-11-17/h6-10H,2-5,11-12,17H2,1H3. The average molecular weight is 258 g/mol. The molecule has 102 valence electrons. The van der Waals surface area contributed by atoms with Crippen molar-refractivity contribution in [3.8, 4) is 5.75 Å². The van der Waals surface area contributed by atoms with Crippen molar-refractivity contribution in [3.05, 3.63) is 36.0 Å². The largest absolute Gasteiger partial charge is 0.491 e. The Morgan fingerprint density at radius 1 is 1.05 bits per heavy atom. The molecule has 0 fully saturated rings. The molecule has 19 heavy (non-hydrogen) atoms. The van der Waals surface area contributed by atoms with E-state index >= 15 is 0 Å². The normalized spacial score (nSPS) is 10.8. The van der Waals surface area contributed by atoms with Crippen molar-refractivity contribution in [2.24, 2.45) is 5.73 Å². The van der Waals surface area contributed by atoms with E-state index in [9.17, 15) is 0 Å². The van der Waals surface area contributed by atoms with Gasteiger partial charge in [-0.1, -0.05) is 31.0 Å². The van der Waals surface area contributed by atoms with E-state index in [1.807, 2.05) is 25.1 Å². The molecule has 0 atom stereocenters. The Hall–Kier alpha value is -1.61. The summed E-state index contributed by atoms with van der Waals surface area (Å²) in [6, 6.07) is 10.2. The first kappa shape index (κ1) is 13.8. The highest BCUT2D eigenvalue weighted by Crippen LogP contribution is 2.24. The second kappa shape index (κ2) is 7.10. The minimum Gasteiger partial charge on any atom is -0.491 e. The SMILES string of the molecule is Cc1ccc2cccc(OCCCCCCN)c2n1. The second-order valence-electron chi connectivity index (χ2n) is 4.83. The number of ether oxygens (including phenoxy) is 1. The molecule has 3 nitrogen and oxygen atoms in total. The molecule has 0 spiro atoms. The van der Waals surface area contributed by atoms with Crippen molar-refractivity contribution in [2.45, 2.75) is 32.6 Å². The van der Waals surface area contributed by atoms with Crippen molar-refractivity contribution in [1.82, 2.24) is 4.98 Å². The fourth-order valence-electron chi connectivity index (χ4n) is 2.12. The fraction of sp³-hybridized carbons (Fsp3) is 0.438. The van der Waals surface area contributed by atoms with Crippen LogP contribution < -0.4 is 10.5 Å². The monoisotopic (exact) mass is 258 g/mol. The first-order valence-corrected chi connectivity index (χ1v) is 7.00. The molecular weight excluding hydrogens is 236 g/mol. The number of rotatable bonds is 7. The van der Waals surface area contributed by atoms with Gasteiger partial charge >= 0.3 is 0 Å². The van der Waals surface area contributed by atoms with Crippen molar-refractivity contribution in [1.29, 1.82) is 0 Å². The van der Waals surface area contributed by atoms with Crippen LogP contribution in [0.5, 0.6) is 5.75 Å². The van der Waals surface area contributed by atoms with E-state index in [1.165, 1.54) is 12.8 Å². The number of para-hydroxylation sites is 1. The zero-order valence-electron chi connectivity index (χ0n) is 11.6. The van der Waals surface area contributed by atoms with Crippen molar-refractivity contribution >= 4 is 10.9 Å². The van der Waals surface area contributed by atoms with Crippen LogP contribution in [0.3, 0.4) is 0 Å². The van der Waals surface area contributed by atoms with Crippen molar-refractivity contribution in [3.63, 3.8) is 0 Å². The van der Waals surface area contributed by atoms with Crippen LogP contribution in [0.2, 0.25) is 0 Å². The number of hydrogen-bond acceptors (Lipinski definition) is 3. The summed E-state index contributed by atoms with van der Waals surface area (Å²) in [5, 5.41) is 1.13. The lowest BCUT2D eigenvalue weighted by molar-refractivity contribution is 0.307. The van der Waals surface area contributed by atoms with Gasteiger partial charge in [0.2, 0.25) is 0 Å². The fourth-order valence-corrected chi connectivity index (χ4v) is 2.12. The molecule has 0 unspecified atom stereocenters. The van der Waals surface area contributed by atoms with Crippen molar-refractivity contribution in [2.75, 3.05) is 13.2 Å². The van der Waals surface area contributed by atoms with E-state index in [4.69, 9.17) is 10.5 Å². The summed E-state index contributed by atoms with van der Waals surface area (Å²) >= 11 is 0.